The second-order valence-electron chi connectivity index (χ2n) is 4.01. The quantitative estimate of drug-likeness (QED) is 0.762. The van der Waals surface area contributed by atoms with Crippen molar-refractivity contribution in [3.63, 3.8) is 0 Å². The number of hydrogen-bond acceptors (Lipinski definition) is 3. The van der Waals surface area contributed by atoms with Crippen molar-refractivity contribution in [2.45, 2.75) is 20.8 Å². The molecular formula is C16H20O3. The molecule has 0 aromatic heterocycles. The molecule has 0 fully saturated rings. The maximum atomic E-state index is 9.10. The van der Waals surface area contributed by atoms with E-state index < -0.39 is 0 Å². The van der Waals surface area contributed by atoms with Crippen LogP contribution in [0.2, 0.25) is 0 Å². The van der Waals surface area contributed by atoms with E-state index >= 15 is 0 Å². The Kier molecular flexibility index (Phi) is 7.70. The van der Waals surface area contributed by atoms with Crippen LogP contribution in [0.5, 0.6) is 11.5 Å². The highest BCUT2D eigenvalue weighted by Gasteiger charge is 1.94. The van der Waals surface area contributed by atoms with Crippen LogP contribution in [0.25, 0.3) is 0 Å². The molecule has 19 heavy (non-hydrogen) atoms. The molecule has 3 nitrogen and oxygen atoms in total. The number of carbonyl (C=O) groups excluding carboxylic acids is 1. The first kappa shape index (κ1) is 16.7. The van der Waals surface area contributed by atoms with E-state index in [0.717, 1.165) is 16.7 Å². The molecule has 0 bridgehead atoms. The number of phenolic OH excluding ortho intramolecular Hbond substituents is 2. The number of benzene rings is 2. The van der Waals surface area contributed by atoms with Gasteiger partial charge in [0, 0.05) is 0 Å². The molecule has 0 aliphatic carbocycles. The van der Waals surface area contributed by atoms with Gasteiger partial charge in [0.15, 0.2) is 0 Å². The highest BCUT2D eigenvalue weighted by atomic mass is 16.3. The zero-order valence-corrected chi connectivity index (χ0v) is 11.6. The Morgan fingerprint density at radius 1 is 0.737 bits per heavy atom. The number of aromatic hydroxyl groups is 2. The van der Waals surface area contributed by atoms with Crippen molar-refractivity contribution < 1.29 is 15.0 Å². The van der Waals surface area contributed by atoms with Gasteiger partial charge in [0.05, 0.1) is 0 Å². The SMILES string of the molecule is C=O.Cc1cccc(O)c1C.Cc1ccccc1O. The van der Waals surface area contributed by atoms with Crippen LogP contribution in [-0.2, 0) is 4.79 Å². The summed E-state index contributed by atoms with van der Waals surface area (Å²) < 4.78 is 0. The lowest BCUT2D eigenvalue weighted by molar-refractivity contribution is -0.0979. The molecule has 0 radical (unpaired) electrons. The van der Waals surface area contributed by atoms with Crippen LogP contribution in [0.15, 0.2) is 42.5 Å². The maximum Gasteiger partial charge on any atom is 0.118 e. The van der Waals surface area contributed by atoms with Crippen LogP contribution in [0.4, 0.5) is 0 Å². The molecular weight excluding hydrogens is 240 g/mol. The normalized spacial score (nSPS) is 8.58. The van der Waals surface area contributed by atoms with Gasteiger partial charge in [-0.3, -0.25) is 0 Å². The molecule has 0 aliphatic heterocycles. The summed E-state index contributed by atoms with van der Waals surface area (Å²) in [6, 6.07) is 12.8. The molecule has 0 unspecified atom stereocenters. The first-order valence-electron chi connectivity index (χ1n) is 5.81. The third-order valence-corrected chi connectivity index (χ3v) is 2.69. The highest BCUT2D eigenvalue weighted by molar-refractivity contribution is 5.36. The fourth-order valence-corrected chi connectivity index (χ4v) is 1.30. The molecule has 102 valence electrons. The van der Waals surface area contributed by atoms with E-state index in [4.69, 9.17) is 15.0 Å². The topological polar surface area (TPSA) is 57.5 Å². The Balaban J connectivity index is 0.000000303. The molecule has 0 spiro atoms. The van der Waals surface area contributed by atoms with Crippen LogP contribution in [0, 0.1) is 20.8 Å². The molecule has 2 aromatic carbocycles. The monoisotopic (exact) mass is 260 g/mol. The van der Waals surface area contributed by atoms with Crippen LogP contribution >= 0.6 is 0 Å². The average molecular weight is 260 g/mol. The molecule has 2 aromatic rings. The fourth-order valence-electron chi connectivity index (χ4n) is 1.30. The first-order chi connectivity index (χ1) is 9.02. The lowest BCUT2D eigenvalue weighted by Crippen LogP contribution is -1.78. The Morgan fingerprint density at radius 3 is 1.58 bits per heavy atom. The largest absolute Gasteiger partial charge is 0.508 e. The zero-order valence-electron chi connectivity index (χ0n) is 11.6. The fraction of sp³-hybridized carbons (Fsp3) is 0.188. The number of phenols is 2. The molecule has 0 saturated carbocycles. The van der Waals surface area contributed by atoms with E-state index in [0.29, 0.717) is 11.5 Å². The Bertz CT molecular complexity index is 466. The highest BCUT2D eigenvalue weighted by Crippen LogP contribution is 2.17. The molecule has 2 rings (SSSR count). The van der Waals surface area contributed by atoms with Crippen molar-refractivity contribution in [2.24, 2.45) is 0 Å². The summed E-state index contributed by atoms with van der Waals surface area (Å²) in [7, 11) is 0. The Morgan fingerprint density at radius 2 is 1.21 bits per heavy atom. The van der Waals surface area contributed by atoms with Gasteiger partial charge in [-0.2, -0.15) is 0 Å². The summed E-state index contributed by atoms with van der Waals surface area (Å²) in [6.45, 7) is 7.76. The maximum absolute atomic E-state index is 9.10. The smallest absolute Gasteiger partial charge is 0.118 e. The number of hydrogen-bond donors (Lipinski definition) is 2. The van der Waals surface area contributed by atoms with E-state index in [1.54, 1.807) is 12.1 Å². The van der Waals surface area contributed by atoms with E-state index in [9.17, 15) is 0 Å². The predicted molar refractivity (Wildman–Crippen MR) is 77.5 cm³/mol. The molecule has 0 saturated heterocycles. The minimum Gasteiger partial charge on any atom is -0.508 e. The molecule has 3 heteroatoms. The number of para-hydroxylation sites is 1. The summed E-state index contributed by atoms with van der Waals surface area (Å²) >= 11 is 0. The summed E-state index contributed by atoms with van der Waals surface area (Å²) in [6.07, 6.45) is 0. The van der Waals surface area contributed by atoms with Gasteiger partial charge in [-0.15, -0.1) is 0 Å². The van der Waals surface area contributed by atoms with Gasteiger partial charge in [0.2, 0.25) is 0 Å². The summed E-state index contributed by atoms with van der Waals surface area (Å²) in [5.41, 5.74) is 3.03. The van der Waals surface area contributed by atoms with Crippen LogP contribution in [0.3, 0.4) is 0 Å². The van der Waals surface area contributed by atoms with Crippen molar-refractivity contribution >= 4 is 6.79 Å². The summed E-state index contributed by atoms with van der Waals surface area (Å²) in [5, 5.41) is 18.0. The van der Waals surface area contributed by atoms with E-state index in [-0.39, 0.29) is 0 Å². The second kappa shape index (κ2) is 8.75. The second-order valence-corrected chi connectivity index (χ2v) is 4.01. The number of rotatable bonds is 0. The van der Waals surface area contributed by atoms with Crippen LogP contribution in [-0.4, -0.2) is 17.0 Å². The third-order valence-electron chi connectivity index (χ3n) is 2.69. The minimum atomic E-state index is 0.368. The third kappa shape index (κ3) is 5.73. The van der Waals surface area contributed by atoms with Gasteiger partial charge < -0.3 is 15.0 Å². The van der Waals surface area contributed by atoms with Gasteiger partial charge in [-0.25, -0.2) is 0 Å². The average Bonchev–Trinajstić information content (AvgIpc) is 2.42. The van der Waals surface area contributed by atoms with Crippen LogP contribution in [0.1, 0.15) is 16.7 Å². The van der Waals surface area contributed by atoms with Gasteiger partial charge in [-0.05, 0) is 49.6 Å². The van der Waals surface area contributed by atoms with Crippen molar-refractivity contribution in [1.82, 2.24) is 0 Å². The van der Waals surface area contributed by atoms with Crippen molar-refractivity contribution in [2.75, 3.05) is 0 Å². The molecule has 0 amide bonds. The Labute approximate surface area is 114 Å². The van der Waals surface area contributed by atoms with E-state index in [1.807, 2.05) is 57.9 Å². The Hall–Kier alpha value is -2.29. The van der Waals surface area contributed by atoms with Crippen molar-refractivity contribution in [3.05, 3.63) is 59.2 Å². The van der Waals surface area contributed by atoms with E-state index in [1.165, 1.54) is 0 Å². The molecule has 0 heterocycles. The van der Waals surface area contributed by atoms with Crippen molar-refractivity contribution in [3.8, 4) is 11.5 Å². The number of aryl methyl sites for hydroxylation is 2. The molecule has 0 atom stereocenters. The zero-order chi connectivity index (χ0) is 14.8. The van der Waals surface area contributed by atoms with Crippen molar-refractivity contribution in [1.29, 1.82) is 0 Å². The first-order valence-corrected chi connectivity index (χ1v) is 5.81. The number of carbonyl (C=O) groups is 1. The van der Waals surface area contributed by atoms with Gasteiger partial charge >= 0.3 is 0 Å². The molecule has 2 N–H and O–H groups in total. The van der Waals surface area contributed by atoms with Gasteiger partial charge in [0.1, 0.15) is 18.3 Å². The molecule has 0 aliphatic rings. The summed E-state index contributed by atoms with van der Waals surface area (Å²) in [5.74, 6) is 0.752. The van der Waals surface area contributed by atoms with Gasteiger partial charge in [0.25, 0.3) is 0 Å². The van der Waals surface area contributed by atoms with Crippen LogP contribution < -0.4 is 0 Å². The lowest BCUT2D eigenvalue weighted by Gasteiger charge is -1.99. The minimum absolute atomic E-state index is 0.368. The van der Waals surface area contributed by atoms with Gasteiger partial charge in [-0.1, -0.05) is 30.3 Å². The summed E-state index contributed by atoms with van der Waals surface area (Å²) in [4.78, 5) is 8.00. The lowest BCUT2D eigenvalue weighted by atomic mass is 10.1. The standard InChI is InChI=1S/C8H10O.C7H8O.CH2O/c1-6-4-3-5-8(9)7(6)2;1-6-4-2-3-5-7(6)8;1-2/h3-5,9H,1-2H3;2-5,8H,1H3;1H2. The predicted octanol–water partition coefficient (Wildman–Crippen LogP) is 3.52. The van der Waals surface area contributed by atoms with E-state index in [2.05, 4.69) is 0 Å².